The van der Waals surface area contributed by atoms with E-state index in [-0.39, 0.29) is 0 Å². The third-order valence-electron chi connectivity index (χ3n) is 0.805. The molecule has 0 heterocycles. The van der Waals surface area contributed by atoms with Gasteiger partial charge in [0.05, 0.1) is 0 Å². The van der Waals surface area contributed by atoms with Gasteiger partial charge in [0.15, 0.2) is 2.88 Å². The van der Waals surface area contributed by atoms with Crippen LogP contribution in [0, 0.1) is 0 Å². The lowest BCUT2D eigenvalue weighted by molar-refractivity contribution is -0.118. The van der Waals surface area contributed by atoms with Crippen LogP contribution in [-0.4, -0.2) is 8.79 Å². The van der Waals surface area contributed by atoms with E-state index < -0.39 is 8.79 Å². The molecule has 0 rings (SSSR count). The lowest BCUT2D eigenvalue weighted by atomic mass is 10.3. The Labute approximate surface area is 66.9 Å². The Morgan fingerprint density at radius 3 is 2.38 bits per heavy atom. The molecule has 0 aliphatic rings. The zero-order chi connectivity index (χ0) is 6.78. The average molecular weight is 247 g/mol. The molecule has 0 aromatic rings. The van der Waals surface area contributed by atoms with Crippen molar-refractivity contribution in [2.45, 2.75) is 16.2 Å². The summed E-state index contributed by atoms with van der Waals surface area (Å²) in [5.41, 5.74) is 4.90. The summed E-state index contributed by atoms with van der Waals surface area (Å²) in [6, 6.07) is 0. The molecule has 0 bridgehead atoms. The molecule has 0 spiro atoms. The minimum absolute atomic E-state index is 0.470. The topological polar surface area (TPSA) is 43.1 Å². The van der Waals surface area contributed by atoms with E-state index in [2.05, 4.69) is 0 Å². The molecule has 0 aromatic heterocycles. The fraction of sp³-hybridized carbons (Fsp3) is 0.750. The van der Waals surface area contributed by atoms with Gasteiger partial charge in [0.1, 0.15) is 0 Å². The number of hydrogen-bond donors (Lipinski definition) is 1. The van der Waals surface area contributed by atoms with Crippen LogP contribution in [-0.2, 0) is 4.79 Å². The summed E-state index contributed by atoms with van der Waals surface area (Å²) in [4.78, 5) is 10.3. The maximum atomic E-state index is 10.3. The fourth-order valence-electron chi connectivity index (χ4n) is 0.174. The fourth-order valence-corrected chi connectivity index (χ4v) is 0.174. The quantitative estimate of drug-likeness (QED) is 0.579. The number of hydrogen-bond acceptors (Lipinski definition) is 1. The van der Waals surface area contributed by atoms with E-state index >= 15 is 0 Å². The Hall–Kier alpha value is 0.490. The lowest BCUT2D eigenvalue weighted by Crippen LogP contribution is -2.31. The molecular formula is C4H7ClINO. The van der Waals surface area contributed by atoms with Crippen molar-refractivity contribution in [3.63, 3.8) is 0 Å². The Morgan fingerprint density at radius 2 is 2.38 bits per heavy atom. The molecule has 8 heavy (non-hydrogen) atoms. The van der Waals surface area contributed by atoms with Crippen molar-refractivity contribution >= 4 is 40.1 Å². The molecule has 0 saturated heterocycles. The Morgan fingerprint density at radius 1 is 2.00 bits per heavy atom. The smallest absolute Gasteiger partial charge is 0.248 e. The maximum Gasteiger partial charge on any atom is 0.248 e. The molecule has 0 fully saturated rings. The van der Waals surface area contributed by atoms with Gasteiger partial charge in [-0.3, -0.25) is 4.79 Å². The van der Waals surface area contributed by atoms with Gasteiger partial charge in [-0.1, -0.05) is 41.1 Å². The normalized spacial score (nSPS) is 17.4. The number of carbonyl (C=O) groups is 1. The summed E-state index contributed by atoms with van der Waals surface area (Å²) in [5.74, 6) is -0.470. The molecule has 0 aromatic carbocycles. The van der Waals surface area contributed by atoms with Crippen molar-refractivity contribution < 1.29 is 4.79 Å². The highest BCUT2D eigenvalue weighted by Crippen LogP contribution is 2.26. The van der Waals surface area contributed by atoms with Crippen LogP contribution < -0.4 is 5.73 Å². The largest absolute Gasteiger partial charge is 0.367 e. The van der Waals surface area contributed by atoms with Gasteiger partial charge >= 0.3 is 0 Å². The zero-order valence-electron chi connectivity index (χ0n) is 4.45. The molecule has 1 unspecified atom stereocenters. The number of rotatable bonds is 2. The second-order valence-electron chi connectivity index (χ2n) is 1.42. The van der Waals surface area contributed by atoms with E-state index in [1.807, 2.05) is 29.5 Å². The van der Waals surface area contributed by atoms with Crippen LogP contribution in [0.15, 0.2) is 0 Å². The predicted molar refractivity (Wildman–Crippen MR) is 42.1 cm³/mol. The molecular weight excluding hydrogens is 240 g/mol. The Bertz CT molecular complexity index is 104. The molecule has 1 amide bonds. The highest BCUT2D eigenvalue weighted by atomic mass is 127. The molecule has 2 nitrogen and oxygen atoms in total. The lowest BCUT2D eigenvalue weighted by Gasteiger charge is -2.10. The standard InChI is InChI=1S/C4H7ClINO/c1-2-4(5,6)3(7)8/h2H2,1H3,(H2,7,8). The summed E-state index contributed by atoms with van der Waals surface area (Å²) in [6.45, 7) is 1.81. The van der Waals surface area contributed by atoms with Crippen LogP contribution in [0.25, 0.3) is 0 Å². The van der Waals surface area contributed by atoms with Gasteiger partial charge in [0, 0.05) is 0 Å². The SMILES string of the molecule is CCC(Cl)(I)C(N)=O. The predicted octanol–water partition coefficient (Wildman–Crippen LogP) is 1.25. The van der Waals surface area contributed by atoms with E-state index in [9.17, 15) is 4.79 Å². The van der Waals surface area contributed by atoms with Crippen LogP contribution in [0.4, 0.5) is 0 Å². The first-order valence-electron chi connectivity index (χ1n) is 2.18. The van der Waals surface area contributed by atoms with Gasteiger partial charge in [0.25, 0.3) is 0 Å². The van der Waals surface area contributed by atoms with Crippen molar-refractivity contribution in [2.75, 3.05) is 0 Å². The van der Waals surface area contributed by atoms with Crippen LogP contribution >= 0.6 is 34.2 Å². The van der Waals surface area contributed by atoms with E-state index in [1.165, 1.54) is 0 Å². The molecule has 0 radical (unpaired) electrons. The minimum Gasteiger partial charge on any atom is -0.367 e. The minimum atomic E-state index is -0.877. The van der Waals surface area contributed by atoms with Gasteiger partial charge in [0.2, 0.25) is 5.91 Å². The van der Waals surface area contributed by atoms with E-state index in [0.29, 0.717) is 6.42 Å². The van der Waals surface area contributed by atoms with Crippen LogP contribution in [0.5, 0.6) is 0 Å². The maximum absolute atomic E-state index is 10.3. The van der Waals surface area contributed by atoms with E-state index in [1.54, 1.807) is 0 Å². The highest BCUT2D eigenvalue weighted by molar-refractivity contribution is 14.1. The van der Waals surface area contributed by atoms with Gasteiger partial charge in [-0.25, -0.2) is 0 Å². The van der Waals surface area contributed by atoms with Gasteiger partial charge < -0.3 is 5.73 Å². The Kier molecular flexibility index (Phi) is 3.04. The third kappa shape index (κ3) is 2.17. The molecule has 2 N–H and O–H groups in total. The van der Waals surface area contributed by atoms with Crippen molar-refractivity contribution in [3.8, 4) is 0 Å². The summed E-state index contributed by atoms with van der Waals surface area (Å²) in [5, 5.41) is 0. The number of carbonyl (C=O) groups excluding carboxylic acids is 1. The third-order valence-corrected chi connectivity index (χ3v) is 2.55. The van der Waals surface area contributed by atoms with Crippen molar-refractivity contribution in [1.29, 1.82) is 0 Å². The first-order valence-corrected chi connectivity index (χ1v) is 3.64. The number of alkyl halides is 2. The average Bonchev–Trinajstić information content (AvgIpc) is 1.67. The summed E-state index contributed by atoms with van der Waals surface area (Å²) in [6.07, 6.45) is 0.560. The van der Waals surface area contributed by atoms with Gasteiger partial charge in [-0.15, -0.1) is 0 Å². The first kappa shape index (κ1) is 8.49. The van der Waals surface area contributed by atoms with Gasteiger partial charge in [-0.05, 0) is 6.42 Å². The summed E-state index contributed by atoms with van der Waals surface area (Å²) < 4.78 is -0.877. The van der Waals surface area contributed by atoms with Gasteiger partial charge in [-0.2, -0.15) is 0 Å². The van der Waals surface area contributed by atoms with E-state index in [0.717, 1.165) is 0 Å². The molecule has 48 valence electrons. The second-order valence-corrected chi connectivity index (χ2v) is 4.55. The van der Waals surface area contributed by atoms with Crippen molar-refractivity contribution in [3.05, 3.63) is 0 Å². The van der Waals surface area contributed by atoms with Crippen LogP contribution in [0.1, 0.15) is 13.3 Å². The molecule has 4 heteroatoms. The Balaban J connectivity index is 3.91. The molecule has 0 saturated carbocycles. The molecule has 1 atom stereocenters. The van der Waals surface area contributed by atoms with Crippen molar-refractivity contribution in [1.82, 2.24) is 0 Å². The highest BCUT2D eigenvalue weighted by Gasteiger charge is 2.27. The number of primary amides is 1. The number of halogens is 2. The number of nitrogens with two attached hydrogens (primary N) is 1. The first-order chi connectivity index (χ1) is 3.50. The molecule has 0 aliphatic heterocycles. The summed E-state index contributed by atoms with van der Waals surface area (Å²) in [7, 11) is 0. The van der Waals surface area contributed by atoms with E-state index in [4.69, 9.17) is 17.3 Å². The number of amides is 1. The van der Waals surface area contributed by atoms with Crippen molar-refractivity contribution in [2.24, 2.45) is 5.73 Å². The zero-order valence-corrected chi connectivity index (χ0v) is 7.36. The monoisotopic (exact) mass is 247 g/mol. The van der Waals surface area contributed by atoms with Crippen LogP contribution in [0.2, 0.25) is 0 Å². The molecule has 0 aliphatic carbocycles. The van der Waals surface area contributed by atoms with Crippen LogP contribution in [0.3, 0.4) is 0 Å². The summed E-state index contributed by atoms with van der Waals surface area (Å²) >= 11 is 7.39. The second kappa shape index (κ2) is 2.87.